The van der Waals surface area contributed by atoms with Crippen molar-refractivity contribution >= 4 is 0 Å². The quantitative estimate of drug-likeness (QED) is 0.857. The second-order valence-corrected chi connectivity index (χ2v) is 4.79. The number of rotatable bonds is 4. The van der Waals surface area contributed by atoms with Gasteiger partial charge < -0.3 is 10.1 Å². The van der Waals surface area contributed by atoms with Gasteiger partial charge in [-0.1, -0.05) is 38.1 Å². The summed E-state index contributed by atoms with van der Waals surface area (Å²) in [7, 11) is 1.98. The summed E-state index contributed by atoms with van der Waals surface area (Å²) < 4.78 is 5.64. The fourth-order valence-corrected chi connectivity index (χ4v) is 2.18. The average molecular weight is 231 g/mol. The predicted molar refractivity (Wildman–Crippen MR) is 71.0 cm³/mol. The van der Waals surface area contributed by atoms with Crippen LogP contribution >= 0.6 is 0 Å². The van der Waals surface area contributed by atoms with Gasteiger partial charge in [0.15, 0.2) is 0 Å². The maximum absolute atomic E-state index is 5.64. The van der Waals surface area contributed by atoms with Crippen LogP contribution in [0, 0.1) is 0 Å². The number of ether oxygens (including phenoxy) is 1. The van der Waals surface area contributed by atoms with Crippen LogP contribution in [0.1, 0.15) is 43.4 Å². The summed E-state index contributed by atoms with van der Waals surface area (Å²) in [5, 5.41) is 3.32. The maximum Gasteiger partial charge on any atom is 0.114 e. The Bertz CT molecular complexity index is 392. The van der Waals surface area contributed by atoms with E-state index in [1.54, 1.807) is 0 Å². The highest BCUT2D eigenvalue weighted by Crippen LogP contribution is 2.27. The van der Waals surface area contributed by atoms with Gasteiger partial charge in [-0.3, -0.25) is 0 Å². The SMILES string of the molecule is CNC(C1=CCCO1)c1ccc(C(C)C)cc1. The summed E-state index contributed by atoms with van der Waals surface area (Å²) in [5.41, 5.74) is 2.65. The number of nitrogens with one attached hydrogen (secondary N) is 1. The Morgan fingerprint density at radius 1 is 1.12 bits per heavy atom. The van der Waals surface area contributed by atoms with Gasteiger partial charge in [-0.05, 0) is 30.2 Å². The zero-order chi connectivity index (χ0) is 12.3. The minimum absolute atomic E-state index is 0.193. The molecule has 1 N–H and O–H groups in total. The van der Waals surface area contributed by atoms with E-state index in [4.69, 9.17) is 4.74 Å². The van der Waals surface area contributed by atoms with E-state index in [9.17, 15) is 0 Å². The third-order valence-corrected chi connectivity index (χ3v) is 3.24. The highest BCUT2D eigenvalue weighted by molar-refractivity contribution is 5.31. The summed E-state index contributed by atoms with van der Waals surface area (Å²) >= 11 is 0. The zero-order valence-corrected chi connectivity index (χ0v) is 10.9. The van der Waals surface area contributed by atoms with E-state index in [0.29, 0.717) is 5.92 Å². The van der Waals surface area contributed by atoms with E-state index in [2.05, 4.69) is 49.5 Å². The molecule has 1 aromatic rings. The van der Waals surface area contributed by atoms with E-state index in [0.717, 1.165) is 18.8 Å². The summed E-state index contributed by atoms with van der Waals surface area (Å²) in [5.74, 6) is 1.64. The van der Waals surface area contributed by atoms with Crippen LogP contribution in [0.25, 0.3) is 0 Å². The Balaban J connectivity index is 2.19. The smallest absolute Gasteiger partial charge is 0.114 e. The first-order chi connectivity index (χ1) is 8.22. The molecule has 1 aliphatic heterocycles. The van der Waals surface area contributed by atoms with Crippen molar-refractivity contribution in [3.63, 3.8) is 0 Å². The number of hydrogen-bond acceptors (Lipinski definition) is 2. The molecule has 0 bridgehead atoms. The van der Waals surface area contributed by atoms with Crippen LogP contribution in [0.4, 0.5) is 0 Å². The first-order valence-electron chi connectivity index (χ1n) is 6.32. The average Bonchev–Trinajstić information content (AvgIpc) is 2.84. The van der Waals surface area contributed by atoms with Crippen molar-refractivity contribution < 1.29 is 4.74 Å². The zero-order valence-electron chi connectivity index (χ0n) is 10.9. The molecule has 0 saturated heterocycles. The van der Waals surface area contributed by atoms with Gasteiger partial charge in [-0.2, -0.15) is 0 Å². The normalized spacial score (nSPS) is 16.8. The van der Waals surface area contributed by atoms with Crippen molar-refractivity contribution in [2.24, 2.45) is 0 Å². The van der Waals surface area contributed by atoms with Crippen molar-refractivity contribution in [1.29, 1.82) is 0 Å². The fourth-order valence-electron chi connectivity index (χ4n) is 2.18. The van der Waals surface area contributed by atoms with Gasteiger partial charge in [0.25, 0.3) is 0 Å². The van der Waals surface area contributed by atoms with Crippen molar-refractivity contribution in [1.82, 2.24) is 5.32 Å². The molecular weight excluding hydrogens is 210 g/mol. The molecule has 1 atom stereocenters. The van der Waals surface area contributed by atoms with Gasteiger partial charge in [0.2, 0.25) is 0 Å². The summed E-state index contributed by atoms with van der Waals surface area (Å²) in [6, 6.07) is 9.00. The van der Waals surface area contributed by atoms with E-state index in [-0.39, 0.29) is 6.04 Å². The largest absolute Gasteiger partial charge is 0.496 e. The first kappa shape index (κ1) is 12.2. The van der Waals surface area contributed by atoms with Gasteiger partial charge in [0, 0.05) is 6.42 Å². The van der Waals surface area contributed by atoms with Gasteiger partial charge in [-0.15, -0.1) is 0 Å². The van der Waals surface area contributed by atoms with Gasteiger partial charge in [0.1, 0.15) is 5.76 Å². The molecule has 2 nitrogen and oxygen atoms in total. The van der Waals surface area contributed by atoms with E-state index in [1.165, 1.54) is 11.1 Å². The lowest BCUT2D eigenvalue weighted by Crippen LogP contribution is -2.19. The molecule has 2 heteroatoms. The highest BCUT2D eigenvalue weighted by atomic mass is 16.5. The van der Waals surface area contributed by atoms with E-state index < -0.39 is 0 Å². The van der Waals surface area contributed by atoms with Crippen LogP contribution in [0.5, 0.6) is 0 Å². The van der Waals surface area contributed by atoms with Crippen molar-refractivity contribution in [3.8, 4) is 0 Å². The van der Waals surface area contributed by atoms with Crippen LogP contribution in [0.3, 0.4) is 0 Å². The molecule has 2 rings (SSSR count). The molecule has 0 saturated carbocycles. The van der Waals surface area contributed by atoms with Crippen molar-refractivity contribution in [2.45, 2.75) is 32.2 Å². The number of benzene rings is 1. The van der Waals surface area contributed by atoms with Crippen molar-refractivity contribution in [2.75, 3.05) is 13.7 Å². The lowest BCUT2D eigenvalue weighted by atomic mass is 9.98. The lowest BCUT2D eigenvalue weighted by Gasteiger charge is -2.18. The predicted octanol–water partition coefficient (Wildman–Crippen LogP) is 3.37. The molecule has 1 heterocycles. The van der Waals surface area contributed by atoms with Crippen molar-refractivity contribution in [3.05, 3.63) is 47.2 Å². The Morgan fingerprint density at radius 3 is 2.24 bits per heavy atom. The second kappa shape index (κ2) is 5.37. The summed E-state index contributed by atoms with van der Waals surface area (Å²) in [4.78, 5) is 0. The molecule has 1 unspecified atom stereocenters. The minimum Gasteiger partial charge on any atom is -0.496 e. The molecule has 0 aromatic heterocycles. The van der Waals surface area contributed by atoms with Gasteiger partial charge >= 0.3 is 0 Å². The van der Waals surface area contributed by atoms with E-state index in [1.807, 2.05) is 7.05 Å². The molecule has 0 amide bonds. The molecule has 0 aliphatic carbocycles. The molecule has 0 radical (unpaired) electrons. The first-order valence-corrected chi connectivity index (χ1v) is 6.32. The Hall–Kier alpha value is -1.28. The number of hydrogen-bond donors (Lipinski definition) is 1. The molecule has 0 spiro atoms. The molecular formula is C15H21NO. The van der Waals surface area contributed by atoms with Gasteiger partial charge in [-0.25, -0.2) is 0 Å². The third-order valence-electron chi connectivity index (χ3n) is 3.24. The molecule has 1 aromatic carbocycles. The summed E-state index contributed by atoms with van der Waals surface area (Å²) in [6.45, 7) is 5.25. The highest BCUT2D eigenvalue weighted by Gasteiger charge is 2.18. The molecule has 92 valence electrons. The van der Waals surface area contributed by atoms with Crippen LogP contribution in [0.2, 0.25) is 0 Å². The molecule has 1 aliphatic rings. The Morgan fingerprint density at radius 2 is 1.76 bits per heavy atom. The third kappa shape index (κ3) is 2.70. The Kier molecular flexibility index (Phi) is 3.85. The van der Waals surface area contributed by atoms with Crippen LogP contribution in [-0.4, -0.2) is 13.7 Å². The van der Waals surface area contributed by atoms with Crippen LogP contribution in [0.15, 0.2) is 36.1 Å². The maximum atomic E-state index is 5.64. The summed E-state index contributed by atoms with van der Waals surface area (Å²) in [6.07, 6.45) is 3.20. The lowest BCUT2D eigenvalue weighted by molar-refractivity contribution is 0.218. The Labute approximate surface area is 104 Å². The topological polar surface area (TPSA) is 21.3 Å². The standard InChI is InChI=1S/C15H21NO/c1-11(2)12-6-8-13(9-7-12)15(16-3)14-5-4-10-17-14/h5-9,11,15-16H,4,10H2,1-3H3. The monoisotopic (exact) mass is 231 g/mol. The van der Waals surface area contributed by atoms with Gasteiger partial charge in [0.05, 0.1) is 12.6 Å². The second-order valence-electron chi connectivity index (χ2n) is 4.79. The fraction of sp³-hybridized carbons (Fsp3) is 0.467. The molecule has 0 fully saturated rings. The molecule has 17 heavy (non-hydrogen) atoms. The minimum atomic E-state index is 0.193. The van der Waals surface area contributed by atoms with E-state index >= 15 is 0 Å². The van der Waals surface area contributed by atoms with Crippen LogP contribution < -0.4 is 5.32 Å². The number of likely N-dealkylation sites (N-methyl/N-ethyl adjacent to an activating group) is 1. The van der Waals surface area contributed by atoms with Crippen LogP contribution in [-0.2, 0) is 4.74 Å².